The lowest BCUT2D eigenvalue weighted by molar-refractivity contribution is -0.165. The number of piperidine rings is 1. The Morgan fingerprint density at radius 2 is 1.67 bits per heavy atom. The van der Waals surface area contributed by atoms with E-state index in [4.69, 9.17) is 14.2 Å². The minimum Gasteiger partial charge on any atom is -0.493 e. The molecule has 4 heterocycles. The average Bonchev–Trinajstić information content (AvgIpc) is 3.83. The van der Waals surface area contributed by atoms with Gasteiger partial charge in [-0.15, -0.1) is 11.8 Å². The number of carboxylic acid groups (broad SMARTS) is 1. The number of hydrogen-bond acceptors (Lipinski definition) is 13. The van der Waals surface area contributed by atoms with Gasteiger partial charge in [-0.25, -0.2) is 9.59 Å². The second-order valence-corrected chi connectivity index (χ2v) is 22.8. The topological polar surface area (TPSA) is 195 Å². The fraction of sp³-hybridized carbons (Fsp3) is 0.745. The van der Waals surface area contributed by atoms with Crippen molar-refractivity contribution in [2.75, 3.05) is 40.9 Å². The number of methoxy groups -OCH3 is 2. The van der Waals surface area contributed by atoms with E-state index in [0.717, 1.165) is 24.8 Å². The molecule has 5 rings (SSSR count). The number of ketones is 1. The molecule has 3 fully saturated rings. The van der Waals surface area contributed by atoms with Crippen LogP contribution in [0, 0.1) is 22.7 Å². The van der Waals surface area contributed by atoms with Crippen LogP contribution in [-0.4, -0.2) is 148 Å². The number of rotatable bonds is 24. The molecule has 0 unspecified atom stereocenters. The number of Topliss-reactive ketones (excluding diaryl/α,β-unsaturated/α-hetero) is 1. The molecule has 4 aliphatic rings. The zero-order valence-corrected chi connectivity index (χ0v) is 43.0. The minimum absolute atomic E-state index is 0.00856. The van der Waals surface area contributed by atoms with Crippen molar-refractivity contribution in [1.82, 2.24) is 20.0 Å². The number of carbonyl (C=O) groups excluding carboxylic acids is 4. The second-order valence-electron chi connectivity index (χ2n) is 21.5. The molecule has 67 heavy (non-hydrogen) atoms. The highest BCUT2D eigenvalue weighted by Gasteiger charge is 2.60. The second kappa shape index (κ2) is 22.4. The van der Waals surface area contributed by atoms with Crippen molar-refractivity contribution in [3.63, 3.8) is 0 Å². The number of carbonyl (C=O) groups is 5. The number of likely N-dealkylation sites (tertiary alicyclic amines) is 2. The van der Waals surface area contributed by atoms with Crippen molar-refractivity contribution in [1.29, 1.82) is 0 Å². The summed E-state index contributed by atoms with van der Waals surface area (Å²) in [7, 11) is 5.04. The van der Waals surface area contributed by atoms with E-state index in [0.29, 0.717) is 87.4 Å². The number of aliphatic hydroxyl groups is 2. The molecule has 4 aliphatic heterocycles. The molecule has 2 amide bonds. The molecule has 4 N–H and O–H groups in total. The molecule has 16 heteroatoms. The van der Waals surface area contributed by atoms with Crippen molar-refractivity contribution in [2.24, 2.45) is 22.7 Å². The Balaban J connectivity index is 1.35. The molecule has 3 saturated heterocycles. The van der Waals surface area contributed by atoms with Crippen LogP contribution >= 0.6 is 11.8 Å². The summed E-state index contributed by atoms with van der Waals surface area (Å²) in [5, 5.41) is 35.6. The lowest BCUT2D eigenvalue weighted by Gasteiger charge is -2.46. The number of nitrogens with one attached hydrogen (secondary N) is 1. The number of aliphatic hydroxyl groups excluding tert-OH is 2. The Bertz CT molecular complexity index is 1990. The van der Waals surface area contributed by atoms with Crippen LogP contribution in [-0.2, 0) is 35.1 Å². The van der Waals surface area contributed by atoms with Crippen LogP contribution in [0.4, 0.5) is 0 Å². The van der Waals surface area contributed by atoms with Crippen LogP contribution in [0.15, 0.2) is 28.8 Å². The SMILES string of the molecule is CCC(C)(C)C(=O)C(=O)N1CCCC[C@H]1C(=O)O[C@H](CCc1ccc(OC)c(OC)c1)CC(C)(C)CCC(C)(C)N1C[C@@H](SC2=C(C(=O)O)N3C(=O)[C@H]([C@@H](C)O)[C@H]3[C@H]2C)C[C@H]1[C@H](O)CCNC. The molecule has 0 saturated carbocycles. The number of benzene rings is 1. The molecule has 0 spiro atoms. The first-order valence-electron chi connectivity index (χ1n) is 24.4. The first-order valence-corrected chi connectivity index (χ1v) is 25.3. The van der Waals surface area contributed by atoms with Crippen LogP contribution in [0.25, 0.3) is 0 Å². The molecule has 1 aromatic rings. The number of carboxylic acids is 1. The van der Waals surface area contributed by atoms with Crippen LogP contribution in [0.2, 0.25) is 0 Å². The number of aliphatic carboxylic acids is 1. The average molecular weight is 957 g/mol. The normalized spacial score (nSPS) is 25.1. The largest absolute Gasteiger partial charge is 0.493 e. The summed E-state index contributed by atoms with van der Waals surface area (Å²) in [5.41, 5.74) is -0.595. The maximum atomic E-state index is 14.3. The zero-order valence-electron chi connectivity index (χ0n) is 42.2. The van der Waals surface area contributed by atoms with E-state index in [1.54, 1.807) is 35.0 Å². The van der Waals surface area contributed by atoms with Crippen LogP contribution < -0.4 is 14.8 Å². The summed E-state index contributed by atoms with van der Waals surface area (Å²) in [6.45, 7) is 19.2. The van der Waals surface area contributed by atoms with Crippen molar-refractivity contribution in [3.05, 3.63) is 34.4 Å². The third kappa shape index (κ3) is 12.2. The van der Waals surface area contributed by atoms with E-state index in [1.165, 1.54) is 21.6 Å². The van der Waals surface area contributed by atoms with Gasteiger partial charge in [0, 0.05) is 46.2 Å². The number of nitrogens with zero attached hydrogens (tertiary/aromatic N) is 3. The molecule has 0 bridgehead atoms. The molecular formula is C51H80N4O11S. The Morgan fingerprint density at radius 1 is 0.985 bits per heavy atom. The van der Waals surface area contributed by atoms with Gasteiger partial charge in [0.2, 0.25) is 11.7 Å². The third-order valence-electron chi connectivity index (χ3n) is 15.2. The summed E-state index contributed by atoms with van der Waals surface area (Å²) in [4.78, 5) is 72.9. The Kier molecular flexibility index (Phi) is 18.1. The summed E-state index contributed by atoms with van der Waals surface area (Å²) in [5.74, 6) is -2.80. The van der Waals surface area contributed by atoms with E-state index in [1.807, 2.05) is 39.1 Å². The predicted octanol–water partition coefficient (Wildman–Crippen LogP) is 6.21. The number of amides is 2. The number of aryl methyl sites for hydroxylation is 1. The maximum absolute atomic E-state index is 14.3. The van der Waals surface area contributed by atoms with E-state index in [9.17, 15) is 39.3 Å². The van der Waals surface area contributed by atoms with Crippen molar-refractivity contribution in [2.45, 2.75) is 180 Å². The highest BCUT2D eigenvalue weighted by molar-refractivity contribution is 8.03. The zero-order chi connectivity index (χ0) is 49.8. The molecule has 376 valence electrons. The van der Waals surface area contributed by atoms with Gasteiger partial charge in [-0.1, -0.05) is 47.6 Å². The van der Waals surface area contributed by atoms with Crippen LogP contribution in [0.1, 0.15) is 132 Å². The first-order chi connectivity index (χ1) is 31.4. The van der Waals surface area contributed by atoms with Crippen molar-refractivity contribution >= 4 is 41.3 Å². The molecule has 15 nitrogen and oxygen atoms in total. The Morgan fingerprint density at radius 3 is 2.28 bits per heavy atom. The first kappa shape index (κ1) is 54.2. The van der Waals surface area contributed by atoms with E-state index in [-0.39, 0.29) is 34.2 Å². The Labute approximate surface area is 403 Å². The van der Waals surface area contributed by atoms with Gasteiger partial charge in [-0.2, -0.15) is 0 Å². The van der Waals surface area contributed by atoms with Gasteiger partial charge in [0.25, 0.3) is 5.91 Å². The lowest BCUT2D eigenvalue weighted by Crippen LogP contribution is -2.63. The number of ether oxygens (including phenoxy) is 3. The monoisotopic (exact) mass is 957 g/mol. The Hall–Kier alpha value is -3.70. The molecule has 0 aromatic heterocycles. The summed E-state index contributed by atoms with van der Waals surface area (Å²) in [6, 6.07) is 4.31. The highest BCUT2D eigenvalue weighted by Crippen LogP contribution is 2.53. The van der Waals surface area contributed by atoms with E-state index >= 15 is 0 Å². The van der Waals surface area contributed by atoms with Crippen LogP contribution in [0.5, 0.6) is 11.5 Å². The molecule has 0 aliphatic carbocycles. The van der Waals surface area contributed by atoms with Gasteiger partial charge in [-0.3, -0.25) is 19.3 Å². The smallest absolute Gasteiger partial charge is 0.353 e. The molecule has 0 radical (unpaired) electrons. The van der Waals surface area contributed by atoms with E-state index in [2.05, 4.69) is 37.9 Å². The third-order valence-corrected chi connectivity index (χ3v) is 16.7. The summed E-state index contributed by atoms with van der Waals surface area (Å²) in [6.07, 6.45) is 4.60. The number of thioether (sulfide) groups is 1. The van der Waals surface area contributed by atoms with E-state index < -0.39 is 70.9 Å². The fourth-order valence-corrected chi connectivity index (χ4v) is 12.2. The number of β-lactam (4-membered cyclic amide) rings is 1. The predicted molar refractivity (Wildman–Crippen MR) is 259 cm³/mol. The number of hydrogen-bond donors (Lipinski definition) is 4. The maximum Gasteiger partial charge on any atom is 0.353 e. The lowest BCUT2D eigenvalue weighted by atomic mass is 9.77. The summed E-state index contributed by atoms with van der Waals surface area (Å²) >= 11 is 1.50. The summed E-state index contributed by atoms with van der Waals surface area (Å²) < 4.78 is 17.5. The van der Waals surface area contributed by atoms with Gasteiger partial charge in [0.05, 0.1) is 38.4 Å². The van der Waals surface area contributed by atoms with Gasteiger partial charge >= 0.3 is 11.9 Å². The van der Waals surface area contributed by atoms with Crippen molar-refractivity contribution in [3.8, 4) is 11.5 Å². The van der Waals surface area contributed by atoms with Gasteiger partial charge in [-0.05, 0) is 128 Å². The number of fused-ring (bicyclic) bond motifs is 1. The minimum atomic E-state index is -1.15. The fourth-order valence-electron chi connectivity index (χ4n) is 10.6. The highest BCUT2D eigenvalue weighted by atomic mass is 32.2. The molecule has 1 aromatic carbocycles. The van der Waals surface area contributed by atoms with Crippen molar-refractivity contribution < 1.29 is 53.5 Å². The standard InChI is InChI=1S/C51H80N4O11S/c1-13-50(6,7)44(58)46(60)53-25-15-14-16-35(53)48(63)66-33(19-17-32-18-20-38(64-11)39(26-32)65-12)28-49(4,5)22-23-51(8,9)54-29-34(27-36(54)37(57)21-24-52-10)67-43-30(2)41-40(31(3)56)45(59)55(41)42(43)47(61)62/h18,20,26,30-31,33-37,40-41,52,56-57H,13-17,19,21-25,27-29H2,1-12H3,(H,61,62)/t30-,31-,33-,34+,35+,36+,37-,40-,41-/m1/s1. The van der Waals surface area contributed by atoms with Gasteiger partial charge in [0.15, 0.2) is 11.5 Å². The number of esters is 1. The molecule has 9 atom stereocenters. The molecular weight excluding hydrogens is 877 g/mol. The van der Waals surface area contributed by atoms with Gasteiger partial charge in [0.1, 0.15) is 17.8 Å². The van der Waals surface area contributed by atoms with Gasteiger partial charge < -0.3 is 44.6 Å². The van der Waals surface area contributed by atoms with Crippen LogP contribution in [0.3, 0.4) is 0 Å². The quantitative estimate of drug-likeness (QED) is 0.0519.